The van der Waals surface area contributed by atoms with Gasteiger partial charge in [0, 0.05) is 12.5 Å². The third-order valence-electron chi connectivity index (χ3n) is 6.39. The largest absolute Gasteiger partial charge is 0.497 e. The molecule has 1 aliphatic rings. The lowest BCUT2D eigenvalue weighted by Crippen LogP contribution is -2.42. The third kappa shape index (κ3) is 9.44. The molecule has 0 aromatic heterocycles. The highest BCUT2D eigenvalue weighted by Gasteiger charge is 2.38. The number of carbonyl (C=O) groups excluding carboxylic acids is 1. The maximum Gasteiger partial charge on any atom is 0.343 e. The molecule has 0 radical (unpaired) electrons. The topological polar surface area (TPSA) is 154 Å². The van der Waals surface area contributed by atoms with Crippen molar-refractivity contribution in [2.24, 2.45) is 0 Å². The first-order valence-electron chi connectivity index (χ1n) is 12.4. The summed E-state index contributed by atoms with van der Waals surface area (Å²) in [6, 6.07) is 14.4. The lowest BCUT2D eigenvalue weighted by atomic mass is 9.72. The molecule has 4 N–H and O–H groups in total. The Morgan fingerprint density at radius 1 is 0.921 bits per heavy atom. The molecule has 1 aliphatic carbocycles. The molecular formula is C28H37NO9. The standard InChI is InChI=1S/C24H31NO4.C4H6O5/c1-25(2)17-22(24(27)15-5-4-6-16-24)18-7-13-21(14-8-18)29-23(26)19-9-11-20(28-3)12-10-19;5-2(4(8)9)1-3(6)7/h7-14,22,27H,4-6,15-17H2,1-3H3;2,5H,1H2,(H,6,7)(H,8,9). The van der Waals surface area contributed by atoms with E-state index >= 15 is 0 Å². The number of aliphatic hydroxyl groups excluding tert-OH is 1. The summed E-state index contributed by atoms with van der Waals surface area (Å²) in [7, 11) is 5.65. The Morgan fingerprint density at radius 3 is 1.92 bits per heavy atom. The SMILES string of the molecule is COc1ccc(C(=O)Oc2ccc(C(CN(C)C)C3(O)CCCCC3)cc2)cc1.O=C(O)CC(O)C(=O)O. The van der Waals surface area contributed by atoms with Crippen molar-refractivity contribution >= 4 is 17.9 Å². The summed E-state index contributed by atoms with van der Waals surface area (Å²) in [5.41, 5.74) is 0.869. The highest BCUT2D eigenvalue weighted by atomic mass is 16.5. The molecule has 2 unspecified atom stereocenters. The first-order valence-corrected chi connectivity index (χ1v) is 12.4. The summed E-state index contributed by atoms with van der Waals surface area (Å²) in [5, 5.41) is 35.5. The van der Waals surface area contributed by atoms with Gasteiger partial charge in [-0.3, -0.25) is 4.79 Å². The lowest BCUT2D eigenvalue weighted by Gasteiger charge is -2.40. The fourth-order valence-corrected chi connectivity index (χ4v) is 4.38. The Hall–Kier alpha value is -3.47. The normalized spacial score (nSPS) is 15.9. The van der Waals surface area contributed by atoms with Crippen LogP contribution in [0.25, 0.3) is 0 Å². The zero-order valence-corrected chi connectivity index (χ0v) is 22.0. The van der Waals surface area contributed by atoms with Crippen molar-refractivity contribution in [3.05, 3.63) is 59.7 Å². The van der Waals surface area contributed by atoms with E-state index in [2.05, 4.69) is 4.90 Å². The smallest absolute Gasteiger partial charge is 0.343 e. The minimum Gasteiger partial charge on any atom is -0.497 e. The van der Waals surface area contributed by atoms with Crippen LogP contribution in [0.15, 0.2) is 48.5 Å². The van der Waals surface area contributed by atoms with Gasteiger partial charge in [0.2, 0.25) is 0 Å². The van der Waals surface area contributed by atoms with Crippen molar-refractivity contribution in [2.75, 3.05) is 27.7 Å². The summed E-state index contributed by atoms with van der Waals surface area (Å²) in [6.07, 6.45) is 2.45. The van der Waals surface area contributed by atoms with E-state index in [0.29, 0.717) is 17.1 Å². The molecule has 0 aliphatic heterocycles. The molecule has 0 amide bonds. The van der Waals surface area contributed by atoms with Gasteiger partial charge in [-0.15, -0.1) is 0 Å². The van der Waals surface area contributed by atoms with Crippen LogP contribution in [0.4, 0.5) is 0 Å². The Bertz CT molecular complexity index is 1040. The van der Waals surface area contributed by atoms with Crippen LogP contribution in [-0.2, 0) is 9.59 Å². The summed E-state index contributed by atoms with van der Waals surface area (Å²) in [6.45, 7) is 0.779. The van der Waals surface area contributed by atoms with Gasteiger partial charge in [-0.25, -0.2) is 9.59 Å². The molecule has 10 nitrogen and oxygen atoms in total. The van der Waals surface area contributed by atoms with Crippen LogP contribution >= 0.6 is 0 Å². The zero-order valence-electron chi connectivity index (χ0n) is 22.0. The number of carboxylic acid groups (broad SMARTS) is 2. The van der Waals surface area contributed by atoms with E-state index in [4.69, 9.17) is 24.8 Å². The van der Waals surface area contributed by atoms with E-state index in [0.717, 1.165) is 37.8 Å². The molecule has 208 valence electrons. The number of hydrogen-bond donors (Lipinski definition) is 4. The Labute approximate surface area is 222 Å². The van der Waals surface area contributed by atoms with Crippen molar-refractivity contribution in [3.63, 3.8) is 0 Å². The number of likely N-dealkylation sites (N-methyl/N-ethyl adjacent to an activating group) is 1. The highest BCUT2D eigenvalue weighted by molar-refractivity contribution is 5.91. The number of esters is 1. The number of ether oxygens (including phenoxy) is 2. The van der Waals surface area contributed by atoms with Crippen LogP contribution in [0.2, 0.25) is 0 Å². The second-order valence-corrected chi connectivity index (χ2v) is 9.62. The number of carbonyl (C=O) groups is 3. The van der Waals surface area contributed by atoms with Gasteiger partial charge < -0.3 is 34.8 Å². The van der Waals surface area contributed by atoms with Gasteiger partial charge in [-0.05, 0) is 68.9 Å². The minimum absolute atomic E-state index is 0.0316. The predicted octanol–water partition coefficient (Wildman–Crippen LogP) is 3.16. The van der Waals surface area contributed by atoms with Gasteiger partial charge in [0.15, 0.2) is 6.10 Å². The molecule has 2 aromatic rings. The maximum atomic E-state index is 12.4. The molecular weight excluding hydrogens is 494 g/mol. The third-order valence-corrected chi connectivity index (χ3v) is 6.39. The Morgan fingerprint density at radius 2 is 1.47 bits per heavy atom. The van der Waals surface area contributed by atoms with Crippen LogP contribution < -0.4 is 9.47 Å². The molecule has 0 heterocycles. The molecule has 3 rings (SSSR count). The van der Waals surface area contributed by atoms with Crippen molar-refractivity contribution in [2.45, 2.75) is 56.1 Å². The number of rotatable bonds is 10. The quantitative estimate of drug-likeness (QED) is 0.265. The molecule has 0 saturated heterocycles. The molecule has 10 heteroatoms. The number of carboxylic acids is 2. The van der Waals surface area contributed by atoms with E-state index in [1.54, 1.807) is 31.4 Å². The molecule has 2 atom stereocenters. The van der Waals surface area contributed by atoms with Crippen molar-refractivity contribution in [1.29, 1.82) is 0 Å². The summed E-state index contributed by atoms with van der Waals surface area (Å²) in [5.74, 6) is -2.03. The molecule has 0 bridgehead atoms. The molecule has 2 aromatic carbocycles. The van der Waals surface area contributed by atoms with Gasteiger partial charge >= 0.3 is 17.9 Å². The maximum absolute atomic E-state index is 12.4. The number of hydrogen-bond acceptors (Lipinski definition) is 8. The average molecular weight is 532 g/mol. The van der Waals surface area contributed by atoms with Crippen molar-refractivity contribution in [3.8, 4) is 11.5 Å². The Balaban J connectivity index is 0.000000484. The fraction of sp³-hybridized carbons (Fsp3) is 0.464. The van der Waals surface area contributed by atoms with E-state index in [9.17, 15) is 19.5 Å². The monoisotopic (exact) mass is 531 g/mol. The highest BCUT2D eigenvalue weighted by Crippen LogP contribution is 2.40. The van der Waals surface area contributed by atoms with Gasteiger partial charge in [0.25, 0.3) is 0 Å². The number of methoxy groups -OCH3 is 1. The molecule has 1 fully saturated rings. The van der Waals surface area contributed by atoms with E-state index in [-0.39, 0.29) is 5.92 Å². The number of aliphatic carboxylic acids is 2. The molecule has 38 heavy (non-hydrogen) atoms. The zero-order chi connectivity index (χ0) is 28.3. The average Bonchev–Trinajstić information content (AvgIpc) is 2.88. The minimum atomic E-state index is -1.79. The van der Waals surface area contributed by atoms with E-state index in [1.807, 2.05) is 38.4 Å². The van der Waals surface area contributed by atoms with Crippen molar-refractivity contribution < 1.29 is 44.3 Å². The van der Waals surface area contributed by atoms with Crippen LogP contribution in [-0.4, -0.2) is 82.7 Å². The second-order valence-electron chi connectivity index (χ2n) is 9.62. The first-order chi connectivity index (χ1) is 17.9. The fourth-order valence-electron chi connectivity index (χ4n) is 4.38. The number of benzene rings is 2. The van der Waals surface area contributed by atoms with Crippen LogP contribution in [0, 0.1) is 0 Å². The summed E-state index contributed by atoms with van der Waals surface area (Å²) >= 11 is 0. The van der Waals surface area contributed by atoms with Crippen LogP contribution in [0.1, 0.15) is 60.4 Å². The predicted molar refractivity (Wildman–Crippen MR) is 140 cm³/mol. The second kappa shape index (κ2) is 14.5. The van der Waals surface area contributed by atoms with Crippen LogP contribution in [0.3, 0.4) is 0 Å². The van der Waals surface area contributed by atoms with Crippen LogP contribution in [0.5, 0.6) is 11.5 Å². The molecule has 1 saturated carbocycles. The van der Waals surface area contributed by atoms with Gasteiger partial charge in [0.1, 0.15) is 11.5 Å². The van der Waals surface area contributed by atoms with Gasteiger partial charge in [-0.1, -0.05) is 31.4 Å². The van der Waals surface area contributed by atoms with E-state index in [1.165, 1.54) is 6.42 Å². The van der Waals surface area contributed by atoms with Gasteiger partial charge in [-0.2, -0.15) is 0 Å². The van der Waals surface area contributed by atoms with Crippen molar-refractivity contribution in [1.82, 2.24) is 4.90 Å². The summed E-state index contributed by atoms with van der Waals surface area (Å²) in [4.78, 5) is 33.9. The molecule has 0 spiro atoms. The first kappa shape index (κ1) is 30.8. The van der Waals surface area contributed by atoms with Gasteiger partial charge in [0.05, 0.1) is 24.7 Å². The number of nitrogens with zero attached hydrogens (tertiary/aromatic N) is 1. The Kier molecular flexibility index (Phi) is 11.7. The lowest BCUT2D eigenvalue weighted by molar-refractivity contribution is -0.152. The summed E-state index contributed by atoms with van der Waals surface area (Å²) < 4.78 is 10.6. The van der Waals surface area contributed by atoms with E-state index < -0.39 is 36.0 Å². The number of aliphatic hydroxyl groups is 2.